The largest absolute Gasteiger partial charge is 0.394 e. The Balaban J connectivity index is 0. The van der Waals surface area contributed by atoms with Crippen molar-refractivity contribution in [2.24, 2.45) is 11.5 Å². The Morgan fingerprint density at radius 3 is 0.875 bits per heavy atom. The zero-order chi connectivity index (χ0) is 13.2. The van der Waals surface area contributed by atoms with Crippen LogP contribution in [0.1, 0.15) is 53.4 Å². The Morgan fingerprint density at radius 1 is 0.688 bits per heavy atom. The first-order valence-electron chi connectivity index (χ1n) is 6.16. The lowest BCUT2D eigenvalue weighted by Crippen LogP contribution is -2.42. The molecule has 0 bridgehead atoms. The smallest absolute Gasteiger partial charge is 0.0610 e. The summed E-state index contributed by atoms with van der Waals surface area (Å²) in [7, 11) is 0. The van der Waals surface area contributed by atoms with Crippen molar-refractivity contribution in [1.82, 2.24) is 0 Å². The van der Waals surface area contributed by atoms with E-state index in [4.69, 9.17) is 21.7 Å². The lowest BCUT2D eigenvalue weighted by Gasteiger charge is -2.22. The molecule has 6 N–H and O–H groups in total. The summed E-state index contributed by atoms with van der Waals surface area (Å²) in [5.41, 5.74) is 10.7. The average Bonchev–Trinajstić information content (AvgIpc) is 2.37. The molecule has 0 atom stereocenters. The maximum atomic E-state index is 8.66. The van der Waals surface area contributed by atoms with Crippen LogP contribution in [0.25, 0.3) is 0 Å². The first-order valence-corrected chi connectivity index (χ1v) is 6.16. The summed E-state index contributed by atoms with van der Waals surface area (Å²) in [6.45, 7) is 8.14. The van der Waals surface area contributed by atoms with Crippen LogP contribution in [-0.2, 0) is 0 Å². The van der Waals surface area contributed by atoms with Gasteiger partial charge in [-0.3, -0.25) is 0 Å². The minimum Gasteiger partial charge on any atom is -0.394 e. The van der Waals surface area contributed by atoms with Gasteiger partial charge in [0.05, 0.1) is 13.2 Å². The van der Waals surface area contributed by atoms with Crippen LogP contribution < -0.4 is 11.5 Å². The SMILES string of the molecule is CCC(N)(CC)CO.CCC(N)(CC)CO. The van der Waals surface area contributed by atoms with Gasteiger partial charge in [-0.05, 0) is 25.7 Å². The molecule has 0 aromatic carbocycles. The fourth-order valence-electron chi connectivity index (χ4n) is 0.947. The van der Waals surface area contributed by atoms with Crippen molar-refractivity contribution in [2.45, 2.75) is 64.5 Å². The normalized spacial score (nSPS) is 12.0. The zero-order valence-corrected chi connectivity index (χ0v) is 11.3. The van der Waals surface area contributed by atoms with Crippen LogP contribution in [0.4, 0.5) is 0 Å². The van der Waals surface area contributed by atoms with E-state index in [1.165, 1.54) is 0 Å². The van der Waals surface area contributed by atoms with Crippen LogP contribution in [-0.4, -0.2) is 34.5 Å². The van der Waals surface area contributed by atoms with Gasteiger partial charge < -0.3 is 21.7 Å². The molecular weight excluding hydrogens is 204 g/mol. The summed E-state index contributed by atoms with van der Waals surface area (Å²) in [6, 6.07) is 0. The van der Waals surface area contributed by atoms with Gasteiger partial charge in [0.15, 0.2) is 0 Å². The van der Waals surface area contributed by atoms with Crippen LogP contribution in [0.3, 0.4) is 0 Å². The maximum Gasteiger partial charge on any atom is 0.0610 e. The molecule has 4 heteroatoms. The van der Waals surface area contributed by atoms with Gasteiger partial charge in [-0.25, -0.2) is 0 Å². The molecule has 0 spiro atoms. The first-order chi connectivity index (χ1) is 7.36. The molecule has 0 radical (unpaired) electrons. The van der Waals surface area contributed by atoms with Crippen LogP contribution >= 0.6 is 0 Å². The Kier molecular flexibility index (Phi) is 10.2. The van der Waals surface area contributed by atoms with E-state index in [1.54, 1.807) is 0 Å². The van der Waals surface area contributed by atoms with Gasteiger partial charge in [0, 0.05) is 11.1 Å². The summed E-state index contributed by atoms with van der Waals surface area (Å²) in [4.78, 5) is 0. The fraction of sp³-hybridized carbons (Fsp3) is 1.00. The number of aliphatic hydroxyl groups excluding tert-OH is 2. The monoisotopic (exact) mass is 234 g/mol. The fourth-order valence-corrected chi connectivity index (χ4v) is 0.947. The molecule has 0 fully saturated rings. The summed E-state index contributed by atoms with van der Waals surface area (Å²) >= 11 is 0. The van der Waals surface area contributed by atoms with Crippen LogP contribution in [0, 0.1) is 0 Å². The second-order valence-corrected chi connectivity index (χ2v) is 4.46. The van der Waals surface area contributed by atoms with Crippen LogP contribution in [0.15, 0.2) is 0 Å². The third kappa shape index (κ3) is 7.17. The van der Waals surface area contributed by atoms with Gasteiger partial charge in [0.2, 0.25) is 0 Å². The summed E-state index contributed by atoms with van der Waals surface area (Å²) in [5, 5.41) is 17.3. The molecule has 0 aliphatic carbocycles. The highest BCUT2D eigenvalue weighted by Crippen LogP contribution is 2.08. The van der Waals surface area contributed by atoms with E-state index in [0.29, 0.717) is 0 Å². The van der Waals surface area contributed by atoms with Gasteiger partial charge in [0.1, 0.15) is 0 Å². The number of hydrogen-bond acceptors (Lipinski definition) is 4. The van der Waals surface area contributed by atoms with Gasteiger partial charge in [-0.1, -0.05) is 27.7 Å². The van der Waals surface area contributed by atoms with E-state index >= 15 is 0 Å². The molecular formula is C12H30N2O2. The number of hydrogen-bond donors (Lipinski definition) is 4. The standard InChI is InChI=1S/2C6H15NO/c2*1-3-6(7,4-2)5-8/h2*8H,3-5,7H2,1-2H3. The molecule has 4 nitrogen and oxygen atoms in total. The highest BCUT2D eigenvalue weighted by atomic mass is 16.3. The van der Waals surface area contributed by atoms with Crippen LogP contribution in [0.2, 0.25) is 0 Å². The highest BCUT2D eigenvalue weighted by Gasteiger charge is 2.17. The molecule has 0 amide bonds. The van der Waals surface area contributed by atoms with Crippen molar-refractivity contribution in [1.29, 1.82) is 0 Å². The third-order valence-corrected chi connectivity index (χ3v) is 3.45. The number of nitrogens with two attached hydrogens (primary N) is 2. The minimum absolute atomic E-state index is 0.0972. The predicted molar refractivity (Wildman–Crippen MR) is 69.2 cm³/mol. The van der Waals surface area contributed by atoms with E-state index in [1.807, 2.05) is 27.7 Å². The Bertz CT molecular complexity index is 121. The molecule has 0 aliphatic heterocycles. The summed E-state index contributed by atoms with van der Waals surface area (Å²) in [6.07, 6.45) is 3.39. The lowest BCUT2D eigenvalue weighted by molar-refractivity contribution is 0.187. The van der Waals surface area contributed by atoms with E-state index < -0.39 is 0 Å². The molecule has 0 saturated heterocycles. The molecule has 16 heavy (non-hydrogen) atoms. The molecule has 100 valence electrons. The van der Waals surface area contributed by atoms with Gasteiger partial charge in [0.25, 0.3) is 0 Å². The molecule has 0 aromatic heterocycles. The first kappa shape index (κ1) is 18.2. The second-order valence-electron chi connectivity index (χ2n) is 4.46. The van der Waals surface area contributed by atoms with Crippen molar-refractivity contribution < 1.29 is 10.2 Å². The van der Waals surface area contributed by atoms with Gasteiger partial charge >= 0.3 is 0 Å². The van der Waals surface area contributed by atoms with Gasteiger partial charge in [-0.15, -0.1) is 0 Å². The predicted octanol–water partition coefficient (Wildman–Crippen LogP) is 0.992. The van der Waals surface area contributed by atoms with Crippen molar-refractivity contribution >= 4 is 0 Å². The van der Waals surface area contributed by atoms with Crippen molar-refractivity contribution in [2.75, 3.05) is 13.2 Å². The molecule has 0 heterocycles. The third-order valence-electron chi connectivity index (χ3n) is 3.45. The molecule has 0 unspecified atom stereocenters. The Morgan fingerprint density at radius 2 is 0.875 bits per heavy atom. The van der Waals surface area contributed by atoms with Gasteiger partial charge in [-0.2, -0.15) is 0 Å². The van der Waals surface area contributed by atoms with E-state index in [2.05, 4.69) is 0 Å². The van der Waals surface area contributed by atoms with Crippen molar-refractivity contribution in [3.8, 4) is 0 Å². The summed E-state index contributed by atoms with van der Waals surface area (Å²) < 4.78 is 0. The van der Waals surface area contributed by atoms with Crippen molar-refractivity contribution in [3.05, 3.63) is 0 Å². The second kappa shape index (κ2) is 8.93. The van der Waals surface area contributed by atoms with E-state index in [0.717, 1.165) is 25.7 Å². The number of aliphatic hydroxyl groups is 2. The Labute approximate surface area is 100 Å². The van der Waals surface area contributed by atoms with E-state index in [-0.39, 0.29) is 24.3 Å². The summed E-state index contributed by atoms with van der Waals surface area (Å²) in [5.74, 6) is 0. The molecule has 0 aromatic rings. The molecule has 0 saturated carbocycles. The Hall–Kier alpha value is -0.160. The highest BCUT2D eigenvalue weighted by molar-refractivity contribution is 4.79. The quantitative estimate of drug-likeness (QED) is 0.551. The zero-order valence-electron chi connectivity index (χ0n) is 11.3. The van der Waals surface area contributed by atoms with Crippen LogP contribution in [0.5, 0.6) is 0 Å². The van der Waals surface area contributed by atoms with E-state index in [9.17, 15) is 0 Å². The molecule has 0 rings (SSSR count). The van der Waals surface area contributed by atoms with Crippen molar-refractivity contribution in [3.63, 3.8) is 0 Å². The number of rotatable bonds is 6. The lowest BCUT2D eigenvalue weighted by atomic mass is 9.96. The molecule has 0 aliphatic rings. The maximum absolute atomic E-state index is 8.66. The average molecular weight is 234 g/mol. The topological polar surface area (TPSA) is 92.5 Å². The minimum atomic E-state index is -0.319.